The number of hydrogen-bond acceptors (Lipinski definition) is 3. The van der Waals surface area contributed by atoms with Crippen molar-refractivity contribution in [3.05, 3.63) is 35.5 Å². The summed E-state index contributed by atoms with van der Waals surface area (Å²) >= 11 is 0. The van der Waals surface area contributed by atoms with Crippen LogP contribution in [0.2, 0.25) is 0 Å². The summed E-state index contributed by atoms with van der Waals surface area (Å²) < 4.78 is 0. The average molecular weight is 180 g/mol. The molecule has 0 spiro atoms. The molecule has 2 N–H and O–H groups in total. The van der Waals surface area contributed by atoms with E-state index in [0.717, 1.165) is 0 Å². The predicted molar refractivity (Wildman–Crippen MR) is 49.1 cm³/mol. The van der Waals surface area contributed by atoms with E-state index in [2.05, 4.69) is 5.43 Å². The number of carbonyl (C=O) groups is 1. The van der Waals surface area contributed by atoms with Gasteiger partial charge in [-0.1, -0.05) is 18.2 Å². The normalized spacial score (nSPS) is 12.5. The van der Waals surface area contributed by atoms with Gasteiger partial charge in [0.15, 0.2) is 5.69 Å². The molecule has 0 bridgehead atoms. The zero-order chi connectivity index (χ0) is 9.68. The van der Waals surface area contributed by atoms with Gasteiger partial charge in [0.2, 0.25) is 0 Å². The Hall–Kier alpha value is -1.23. The highest BCUT2D eigenvalue weighted by molar-refractivity contribution is 5.77. The second-order valence-corrected chi connectivity index (χ2v) is 2.75. The zero-order valence-corrected chi connectivity index (χ0v) is 7.41. The number of nitrogens with one attached hydrogen (secondary N) is 2. The Bertz CT molecular complexity index is 274. The van der Waals surface area contributed by atoms with Crippen LogP contribution in [0.15, 0.2) is 30.3 Å². The lowest BCUT2D eigenvalue weighted by Gasteiger charge is -2.20. The number of hydrogen-bond donors (Lipinski definition) is 2. The van der Waals surface area contributed by atoms with Crippen LogP contribution in [-0.4, -0.2) is 12.3 Å². The summed E-state index contributed by atoms with van der Waals surface area (Å²) in [6, 6.07) is 8.80. The molecule has 4 heteroatoms. The Morgan fingerprint density at radius 1 is 1.46 bits per heavy atom. The molecule has 1 aromatic rings. The lowest BCUT2D eigenvalue weighted by Crippen LogP contribution is -3.09. The van der Waals surface area contributed by atoms with Gasteiger partial charge in [0, 0.05) is 12.1 Å². The van der Waals surface area contributed by atoms with Crippen LogP contribution in [0.5, 0.6) is 0 Å². The van der Waals surface area contributed by atoms with E-state index in [1.54, 1.807) is 24.3 Å². The highest BCUT2D eigenvalue weighted by atomic mass is 16.5. The summed E-state index contributed by atoms with van der Waals surface area (Å²) in [5, 5.41) is 11.1. The maximum Gasteiger partial charge on any atom is 0.150 e. The van der Waals surface area contributed by atoms with Gasteiger partial charge < -0.3 is 5.21 Å². The predicted octanol–water partition coefficient (Wildman–Crippen LogP) is -0.206. The third-order valence-electron chi connectivity index (χ3n) is 1.53. The van der Waals surface area contributed by atoms with Gasteiger partial charge in [-0.3, -0.25) is 9.97 Å². The highest BCUT2D eigenvalue weighted by Gasteiger charge is 2.01. The number of carbonyl (C=O) groups excluding carboxylic acids is 1. The van der Waals surface area contributed by atoms with Crippen LogP contribution in [0.4, 0.5) is 5.69 Å². The largest absolute Gasteiger partial charge is 0.608 e. The van der Waals surface area contributed by atoms with Crippen molar-refractivity contribution < 1.29 is 9.97 Å². The Kier molecular flexibility index (Phi) is 3.57. The topological polar surface area (TPSA) is 56.6 Å². The molecule has 1 aromatic carbocycles. The van der Waals surface area contributed by atoms with E-state index in [0.29, 0.717) is 5.69 Å². The Morgan fingerprint density at radius 3 is 2.62 bits per heavy atom. The molecule has 1 rings (SSSR count). The lowest BCUT2D eigenvalue weighted by molar-refractivity contribution is -0.827. The third-order valence-corrected chi connectivity index (χ3v) is 1.53. The van der Waals surface area contributed by atoms with Crippen molar-refractivity contribution in [1.29, 1.82) is 0 Å². The van der Waals surface area contributed by atoms with Crippen molar-refractivity contribution in [2.75, 3.05) is 6.54 Å². The molecule has 0 saturated heterocycles. The van der Waals surface area contributed by atoms with Gasteiger partial charge in [-0.25, -0.2) is 0 Å². The number of rotatable bonds is 4. The van der Waals surface area contributed by atoms with Crippen molar-refractivity contribution in [2.24, 2.45) is 0 Å². The number of benzene rings is 1. The van der Waals surface area contributed by atoms with Gasteiger partial charge in [0.05, 0.1) is 0 Å². The molecule has 0 aliphatic carbocycles. The summed E-state index contributed by atoms with van der Waals surface area (Å²) in [7, 11) is 0. The maximum absolute atomic E-state index is 11.3. The van der Waals surface area contributed by atoms with E-state index in [4.69, 9.17) is 0 Å². The zero-order valence-electron chi connectivity index (χ0n) is 7.41. The second kappa shape index (κ2) is 4.71. The van der Waals surface area contributed by atoms with E-state index in [-0.39, 0.29) is 17.5 Å². The number of para-hydroxylation sites is 1. The average Bonchev–Trinajstić information content (AvgIpc) is 2.15. The van der Waals surface area contributed by atoms with Crippen LogP contribution < -0.4 is 10.6 Å². The molecule has 13 heavy (non-hydrogen) atoms. The van der Waals surface area contributed by atoms with Crippen molar-refractivity contribution in [1.82, 2.24) is 5.43 Å². The minimum absolute atomic E-state index is 0.0516. The van der Waals surface area contributed by atoms with E-state index in [1.165, 1.54) is 6.92 Å². The fourth-order valence-electron chi connectivity index (χ4n) is 0.896. The fraction of sp³-hybridized carbons (Fsp3) is 0.222. The number of Topliss-reactive ketones (excluding diaryl/α,β-unsaturated/α-hetero) is 1. The summed E-state index contributed by atoms with van der Waals surface area (Å²) in [5.41, 5.74) is 3.08. The fourth-order valence-corrected chi connectivity index (χ4v) is 0.896. The summed E-state index contributed by atoms with van der Waals surface area (Å²) in [6.45, 7) is 1.53. The molecule has 1 unspecified atom stereocenters. The summed E-state index contributed by atoms with van der Waals surface area (Å²) in [6.07, 6.45) is 0. The quantitative estimate of drug-likeness (QED) is 0.631. The molecule has 0 fully saturated rings. The lowest BCUT2D eigenvalue weighted by atomic mass is 10.3. The summed E-state index contributed by atoms with van der Waals surface area (Å²) in [4.78, 5) is 10.6. The molecule has 0 heterocycles. The van der Waals surface area contributed by atoms with Crippen LogP contribution in [0.25, 0.3) is 0 Å². The number of ketones is 1. The molecular weight excluding hydrogens is 168 g/mol. The third kappa shape index (κ3) is 3.33. The molecule has 0 aliphatic rings. The molecule has 0 amide bonds. The smallest absolute Gasteiger partial charge is 0.150 e. The summed E-state index contributed by atoms with van der Waals surface area (Å²) in [5.74, 6) is -0.0516. The first kappa shape index (κ1) is 9.85. The van der Waals surface area contributed by atoms with Gasteiger partial charge in [-0.2, -0.15) is 5.43 Å². The van der Waals surface area contributed by atoms with Gasteiger partial charge in [-0.15, -0.1) is 0 Å². The van der Waals surface area contributed by atoms with Crippen LogP contribution in [0, 0.1) is 5.21 Å². The van der Waals surface area contributed by atoms with Crippen LogP contribution in [0.3, 0.4) is 0 Å². The molecule has 70 valence electrons. The van der Waals surface area contributed by atoms with Crippen LogP contribution >= 0.6 is 0 Å². The minimum atomic E-state index is -0.212. The molecule has 0 radical (unpaired) electrons. The molecule has 1 atom stereocenters. The van der Waals surface area contributed by atoms with E-state index < -0.39 is 0 Å². The number of quaternary nitrogens is 1. The van der Waals surface area contributed by atoms with E-state index >= 15 is 0 Å². The van der Waals surface area contributed by atoms with E-state index in [1.807, 2.05) is 6.07 Å². The van der Waals surface area contributed by atoms with Crippen molar-refractivity contribution in [3.63, 3.8) is 0 Å². The minimum Gasteiger partial charge on any atom is -0.608 e. The second-order valence-electron chi connectivity index (χ2n) is 2.75. The van der Waals surface area contributed by atoms with Crippen molar-refractivity contribution >= 4 is 11.5 Å². The molecule has 0 aliphatic heterocycles. The molecular formula is C9H12N2O2. The van der Waals surface area contributed by atoms with Gasteiger partial charge in [0.1, 0.15) is 12.3 Å². The maximum atomic E-state index is 11.3. The monoisotopic (exact) mass is 180 g/mol. The van der Waals surface area contributed by atoms with Gasteiger partial charge in [0.25, 0.3) is 0 Å². The Morgan fingerprint density at radius 2 is 2.08 bits per heavy atom. The van der Waals surface area contributed by atoms with Crippen LogP contribution in [0.1, 0.15) is 6.92 Å². The Labute approximate surface area is 76.7 Å². The first-order valence-electron chi connectivity index (χ1n) is 4.03. The van der Waals surface area contributed by atoms with Gasteiger partial charge >= 0.3 is 0 Å². The standard InChI is InChI=1S/C9H12N2O2/c1-8(12)7-10-11(13)9-5-3-2-4-6-9/h2-6,10-11H,7H2,1H3. The highest BCUT2D eigenvalue weighted by Crippen LogP contribution is 1.96. The van der Waals surface area contributed by atoms with Crippen molar-refractivity contribution in [2.45, 2.75) is 6.92 Å². The Balaban J connectivity index is 2.49. The first-order valence-corrected chi connectivity index (χ1v) is 4.03. The van der Waals surface area contributed by atoms with E-state index in [9.17, 15) is 10.0 Å². The van der Waals surface area contributed by atoms with Crippen LogP contribution in [-0.2, 0) is 4.79 Å². The van der Waals surface area contributed by atoms with Crippen molar-refractivity contribution in [3.8, 4) is 0 Å². The first-order chi connectivity index (χ1) is 6.20. The molecule has 0 aromatic heterocycles. The van der Waals surface area contributed by atoms with Gasteiger partial charge in [-0.05, 0) is 6.92 Å². The SMILES string of the molecule is CC(=O)CN[NH+]([O-])c1ccccc1. The molecule has 0 saturated carbocycles. The molecule has 4 nitrogen and oxygen atoms in total.